The zero-order valence-corrected chi connectivity index (χ0v) is 35.5. The Morgan fingerprint density at radius 3 is 1.91 bits per heavy atom. The summed E-state index contributed by atoms with van der Waals surface area (Å²) >= 11 is 6.16. The maximum atomic E-state index is 14.0. The number of carbonyl (C=O) groups excluding carboxylic acids is 4. The summed E-state index contributed by atoms with van der Waals surface area (Å²) < 4.78 is 26.1. The van der Waals surface area contributed by atoms with Gasteiger partial charge in [0.2, 0.25) is 21.8 Å². The van der Waals surface area contributed by atoms with Gasteiger partial charge < -0.3 is 26.6 Å². The largest absolute Gasteiger partial charge is 0.354 e. The Hall–Kier alpha value is -5.24. The van der Waals surface area contributed by atoms with E-state index in [2.05, 4.69) is 26.6 Å². The van der Waals surface area contributed by atoms with Gasteiger partial charge in [0.05, 0.1) is 24.0 Å². The quantitative estimate of drug-likeness (QED) is 0.0741. The molecule has 4 rings (SSSR count). The molecule has 0 saturated carbocycles. The van der Waals surface area contributed by atoms with E-state index in [1.165, 1.54) is 30.8 Å². The van der Waals surface area contributed by atoms with E-state index in [-0.39, 0.29) is 41.1 Å². The number of aryl methyl sites for hydroxylation is 1. The van der Waals surface area contributed by atoms with Gasteiger partial charge in [-0.15, -0.1) is 0 Å². The van der Waals surface area contributed by atoms with Crippen LogP contribution >= 0.6 is 11.6 Å². The molecule has 0 aliphatic heterocycles. The van der Waals surface area contributed by atoms with E-state index in [0.717, 1.165) is 34.5 Å². The predicted octanol–water partition coefficient (Wildman–Crippen LogP) is 5.44. The average Bonchev–Trinajstić information content (AvgIpc) is 3.20. The monoisotopic (exact) mass is 830 g/mol. The Balaban J connectivity index is 1.47. The third kappa shape index (κ3) is 14.0. The minimum atomic E-state index is -3.76. The average molecular weight is 831 g/mol. The molecule has 5 N–H and O–H groups in total. The second-order valence-electron chi connectivity index (χ2n) is 14.8. The molecule has 4 amide bonds. The molecule has 0 spiro atoms. The van der Waals surface area contributed by atoms with Crippen LogP contribution in [0.5, 0.6) is 0 Å². The van der Waals surface area contributed by atoms with Gasteiger partial charge in [0, 0.05) is 42.3 Å². The van der Waals surface area contributed by atoms with Crippen molar-refractivity contribution in [2.24, 2.45) is 5.92 Å². The molecule has 4 aromatic rings. The zero-order valence-electron chi connectivity index (χ0n) is 33.9. The lowest BCUT2D eigenvalue weighted by molar-refractivity contribution is -0.130. The smallest absolute Gasteiger partial charge is 0.251 e. The van der Waals surface area contributed by atoms with Gasteiger partial charge in [0.15, 0.2) is 0 Å². The lowest BCUT2D eigenvalue weighted by Gasteiger charge is -2.26. The molecular weight excluding hydrogens is 776 g/mol. The third-order valence-electron chi connectivity index (χ3n) is 9.75. The Bertz CT molecular complexity index is 2120. The van der Waals surface area contributed by atoms with Crippen LogP contribution in [0, 0.1) is 5.92 Å². The van der Waals surface area contributed by atoms with Crippen molar-refractivity contribution < 1.29 is 27.6 Å². The molecule has 0 aliphatic rings. The van der Waals surface area contributed by atoms with Crippen molar-refractivity contribution >= 4 is 50.9 Å². The van der Waals surface area contributed by atoms with E-state index in [9.17, 15) is 27.6 Å². The fourth-order valence-electron chi connectivity index (χ4n) is 6.21. The summed E-state index contributed by atoms with van der Waals surface area (Å²) in [5, 5.41) is 15.5. The van der Waals surface area contributed by atoms with E-state index in [4.69, 9.17) is 11.6 Å². The highest BCUT2D eigenvalue weighted by atomic mass is 35.5. The van der Waals surface area contributed by atoms with Gasteiger partial charge >= 0.3 is 0 Å². The summed E-state index contributed by atoms with van der Waals surface area (Å²) in [5.41, 5.74) is 3.14. The molecule has 0 aromatic heterocycles. The number of hydrogen-bond donors (Lipinski definition) is 5. The van der Waals surface area contributed by atoms with Crippen LogP contribution < -0.4 is 30.9 Å². The lowest BCUT2D eigenvalue weighted by Crippen LogP contribution is -2.55. The first-order valence-electron chi connectivity index (χ1n) is 19.4. The first-order valence-corrected chi connectivity index (χ1v) is 21.6. The van der Waals surface area contributed by atoms with Gasteiger partial charge in [-0.1, -0.05) is 98.2 Å². The van der Waals surface area contributed by atoms with Crippen LogP contribution in [0.3, 0.4) is 0 Å². The molecule has 0 radical (unpaired) electrons. The topological polar surface area (TPSA) is 166 Å². The fraction of sp³-hybridized carbons (Fsp3) is 0.364. The molecule has 0 aliphatic carbocycles. The summed E-state index contributed by atoms with van der Waals surface area (Å²) in [6, 6.07) is 28.3. The maximum absolute atomic E-state index is 14.0. The van der Waals surface area contributed by atoms with E-state index in [1.54, 1.807) is 32.0 Å². The Morgan fingerprint density at radius 2 is 1.33 bits per heavy atom. The molecule has 4 aromatic carbocycles. The van der Waals surface area contributed by atoms with Crippen molar-refractivity contribution in [3.05, 3.63) is 136 Å². The molecule has 0 fully saturated rings. The summed E-state index contributed by atoms with van der Waals surface area (Å²) in [6.45, 7) is 7.86. The molecular formula is C44H55ClN6O6S. The number of benzene rings is 4. The van der Waals surface area contributed by atoms with Crippen molar-refractivity contribution in [1.82, 2.24) is 26.6 Å². The van der Waals surface area contributed by atoms with Gasteiger partial charge in [0.25, 0.3) is 11.8 Å². The van der Waals surface area contributed by atoms with Crippen molar-refractivity contribution in [2.75, 3.05) is 30.7 Å². The number of hydrogen-bond acceptors (Lipinski definition) is 7. The summed E-state index contributed by atoms with van der Waals surface area (Å²) in [5.74, 6) is -1.87. The predicted molar refractivity (Wildman–Crippen MR) is 230 cm³/mol. The molecule has 0 saturated heterocycles. The van der Waals surface area contributed by atoms with E-state index >= 15 is 0 Å². The van der Waals surface area contributed by atoms with Crippen molar-refractivity contribution in [3.8, 4) is 0 Å². The molecule has 4 atom stereocenters. The SMILES string of the molecule is CC(C)[C@H](NC(=O)[C@H](C)NC[C@H](Cc1ccccc1)NC(=O)c1cc(C(=O)N[C@H](C)c2cccc(Cl)c2)cc(N(C)S(C)(=O)=O)c1)C(=O)NCCCc1ccccc1. The molecule has 0 bridgehead atoms. The van der Waals surface area contributed by atoms with Crippen LogP contribution in [0.4, 0.5) is 5.69 Å². The second-order valence-corrected chi connectivity index (χ2v) is 17.3. The number of carbonyl (C=O) groups is 4. The van der Waals surface area contributed by atoms with E-state index < -0.39 is 46.0 Å². The van der Waals surface area contributed by atoms with Crippen LogP contribution in [0.25, 0.3) is 0 Å². The minimum Gasteiger partial charge on any atom is -0.354 e. The normalized spacial score (nSPS) is 13.4. The van der Waals surface area contributed by atoms with Crippen LogP contribution in [0.2, 0.25) is 5.02 Å². The molecule has 12 nitrogen and oxygen atoms in total. The standard InChI is InChI=1S/C44H55ClN6O6S/c1-29(2)40(44(55)46-22-14-19-32-15-9-7-10-16-32)50-41(52)31(4)47-28-38(23-33-17-11-8-12-18-33)49-43(54)36-24-35(26-39(27-36)51(5)58(6,56)57)42(53)48-30(3)34-20-13-21-37(45)25-34/h7-13,15-18,20-21,24-27,29-31,38,40,47H,14,19,22-23,28H2,1-6H3,(H,46,55)(H,48,53)(H,49,54)(H,50,52)/t30-,31+,38+,40+/m1/s1. The first-order chi connectivity index (χ1) is 27.5. The molecule has 0 heterocycles. The van der Waals surface area contributed by atoms with Crippen LogP contribution in [-0.2, 0) is 32.5 Å². The third-order valence-corrected chi connectivity index (χ3v) is 11.2. The van der Waals surface area contributed by atoms with E-state index in [0.29, 0.717) is 18.0 Å². The van der Waals surface area contributed by atoms with E-state index in [1.807, 2.05) is 80.6 Å². The van der Waals surface area contributed by atoms with Gasteiger partial charge in [-0.25, -0.2) is 8.42 Å². The number of rotatable bonds is 20. The molecule has 58 heavy (non-hydrogen) atoms. The first kappa shape index (κ1) is 45.5. The number of nitrogens with one attached hydrogen (secondary N) is 5. The van der Waals surface area contributed by atoms with Crippen LogP contribution in [0.15, 0.2) is 103 Å². The lowest BCUT2D eigenvalue weighted by atomic mass is 10.0. The fourth-order valence-corrected chi connectivity index (χ4v) is 6.90. The zero-order chi connectivity index (χ0) is 42.4. The second kappa shape index (κ2) is 21.5. The highest BCUT2D eigenvalue weighted by molar-refractivity contribution is 7.92. The highest BCUT2D eigenvalue weighted by Crippen LogP contribution is 2.23. The Morgan fingerprint density at radius 1 is 0.724 bits per heavy atom. The van der Waals surface area contributed by atoms with Crippen molar-refractivity contribution in [2.45, 2.75) is 71.1 Å². The van der Waals surface area contributed by atoms with Crippen molar-refractivity contribution in [1.29, 1.82) is 0 Å². The number of amides is 4. The summed E-state index contributed by atoms with van der Waals surface area (Å²) in [7, 11) is -2.41. The number of sulfonamides is 1. The molecule has 0 unspecified atom stereocenters. The van der Waals surface area contributed by atoms with Gasteiger partial charge in [0.1, 0.15) is 6.04 Å². The van der Waals surface area contributed by atoms with Gasteiger partial charge in [-0.3, -0.25) is 23.5 Å². The van der Waals surface area contributed by atoms with Gasteiger partial charge in [-0.05, 0) is 86.1 Å². The van der Waals surface area contributed by atoms with Crippen molar-refractivity contribution in [3.63, 3.8) is 0 Å². The number of halogens is 1. The molecule has 14 heteroatoms. The minimum absolute atomic E-state index is 0.0620. The van der Waals surface area contributed by atoms with Crippen LogP contribution in [0.1, 0.15) is 77.6 Å². The maximum Gasteiger partial charge on any atom is 0.251 e. The Kier molecular flexibility index (Phi) is 16.9. The molecule has 310 valence electrons. The number of anilines is 1. The van der Waals surface area contributed by atoms with Crippen LogP contribution in [-0.4, -0.2) is 76.6 Å². The number of nitrogens with zero attached hydrogens (tertiary/aromatic N) is 1. The summed E-state index contributed by atoms with van der Waals surface area (Å²) in [4.78, 5) is 54.1. The Labute approximate surface area is 347 Å². The summed E-state index contributed by atoms with van der Waals surface area (Å²) in [6.07, 6.45) is 3.01. The highest BCUT2D eigenvalue weighted by Gasteiger charge is 2.27. The van der Waals surface area contributed by atoms with Gasteiger partial charge in [-0.2, -0.15) is 0 Å².